The van der Waals surface area contributed by atoms with Crippen molar-refractivity contribution in [1.82, 2.24) is 20.9 Å². The monoisotopic (exact) mass is 240 g/mol. The Kier molecular flexibility index (Phi) is 5.44. The fourth-order valence-electron chi connectivity index (χ4n) is 1.36. The van der Waals surface area contributed by atoms with Gasteiger partial charge < -0.3 is 10.1 Å². The molecule has 1 aromatic rings. The second kappa shape index (κ2) is 6.87. The fourth-order valence-corrected chi connectivity index (χ4v) is 1.36. The number of hydrazine groups is 1. The van der Waals surface area contributed by atoms with Crippen LogP contribution in [0.25, 0.3) is 0 Å². The van der Waals surface area contributed by atoms with Crippen LogP contribution in [0.1, 0.15) is 18.2 Å². The number of aliphatic imine (C=N–C) groups is 1. The molecule has 0 spiro atoms. The van der Waals surface area contributed by atoms with Gasteiger partial charge in [-0.1, -0.05) is 0 Å². The van der Waals surface area contributed by atoms with E-state index >= 15 is 0 Å². The summed E-state index contributed by atoms with van der Waals surface area (Å²) in [5, 5.41) is 9.90. The standard InChI is InChI=1S/C10H20N6O/c1-7(6-17-3)14-10(15-11)12-4-9-5-13-16-8(9)2/h5,7H,4,6,11H2,1-3H3,(H,13,16)(H2,12,14,15). The minimum atomic E-state index is 0.139. The number of aryl methyl sites for hydroxylation is 1. The van der Waals surface area contributed by atoms with Gasteiger partial charge in [0.1, 0.15) is 0 Å². The number of H-pyrrole nitrogens is 1. The molecule has 0 aromatic carbocycles. The van der Waals surface area contributed by atoms with Crippen LogP contribution in [0.15, 0.2) is 11.2 Å². The Morgan fingerprint density at radius 2 is 2.47 bits per heavy atom. The molecule has 0 fully saturated rings. The van der Waals surface area contributed by atoms with Crippen molar-refractivity contribution in [2.24, 2.45) is 10.8 Å². The number of nitrogens with one attached hydrogen (secondary N) is 3. The van der Waals surface area contributed by atoms with Crippen LogP contribution in [-0.2, 0) is 11.3 Å². The van der Waals surface area contributed by atoms with Crippen molar-refractivity contribution in [3.63, 3.8) is 0 Å². The average molecular weight is 240 g/mol. The molecule has 0 amide bonds. The average Bonchev–Trinajstić information content (AvgIpc) is 2.70. The van der Waals surface area contributed by atoms with Crippen molar-refractivity contribution in [3.8, 4) is 0 Å². The van der Waals surface area contributed by atoms with Gasteiger partial charge in [-0.15, -0.1) is 0 Å². The Labute approximate surface area is 101 Å². The highest BCUT2D eigenvalue weighted by molar-refractivity contribution is 5.79. The van der Waals surface area contributed by atoms with Crippen molar-refractivity contribution in [3.05, 3.63) is 17.5 Å². The van der Waals surface area contributed by atoms with Crippen LogP contribution < -0.4 is 16.6 Å². The third-order valence-corrected chi connectivity index (χ3v) is 2.28. The lowest BCUT2D eigenvalue weighted by atomic mass is 10.3. The van der Waals surface area contributed by atoms with Crippen molar-refractivity contribution < 1.29 is 4.74 Å². The topological polar surface area (TPSA) is 100 Å². The van der Waals surface area contributed by atoms with E-state index in [0.29, 0.717) is 19.1 Å². The third kappa shape index (κ3) is 4.41. The van der Waals surface area contributed by atoms with Gasteiger partial charge in [-0.25, -0.2) is 10.8 Å². The van der Waals surface area contributed by atoms with E-state index < -0.39 is 0 Å². The van der Waals surface area contributed by atoms with Crippen LogP contribution in [0.4, 0.5) is 0 Å². The fraction of sp³-hybridized carbons (Fsp3) is 0.600. The second-order valence-electron chi connectivity index (χ2n) is 3.83. The number of ether oxygens (including phenoxy) is 1. The van der Waals surface area contributed by atoms with E-state index in [1.165, 1.54) is 0 Å². The second-order valence-corrected chi connectivity index (χ2v) is 3.83. The molecule has 1 unspecified atom stereocenters. The summed E-state index contributed by atoms with van der Waals surface area (Å²) in [5.41, 5.74) is 4.58. The Balaban J connectivity index is 2.52. The largest absolute Gasteiger partial charge is 0.383 e. The number of aromatic nitrogens is 2. The predicted molar refractivity (Wildman–Crippen MR) is 66.3 cm³/mol. The van der Waals surface area contributed by atoms with E-state index in [9.17, 15) is 0 Å². The number of hydrogen-bond donors (Lipinski definition) is 4. The SMILES string of the molecule is COCC(C)NC(=NCc1cn[nH]c1C)NN. The van der Waals surface area contributed by atoms with Crippen LogP contribution in [0.2, 0.25) is 0 Å². The molecule has 7 heteroatoms. The van der Waals surface area contributed by atoms with Gasteiger partial charge in [-0.2, -0.15) is 5.10 Å². The molecular weight excluding hydrogens is 220 g/mol. The van der Waals surface area contributed by atoms with Crippen molar-refractivity contribution in [2.75, 3.05) is 13.7 Å². The normalized spacial score (nSPS) is 13.5. The zero-order valence-corrected chi connectivity index (χ0v) is 10.4. The summed E-state index contributed by atoms with van der Waals surface area (Å²) in [6.45, 7) is 5.05. The van der Waals surface area contributed by atoms with Crippen LogP contribution in [0.5, 0.6) is 0 Å². The minimum Gasteiger partial charge on any atom is -0.383 e. The van der Waals surface area contributed by atoms with Crippen molar-refractivity contribution in [2.45, 2.75) is 26.4 Å². The first-order chi connectivity index (χ1) is 8.17. The molecule has 0 aliphatic rings. The van der Waals surface area contributed by atoms with Gasteiger partial charge in [-0.3, -0.25) is 10.5 Å². The van der Waals surface area contributed by atoms with Crippen LogP contribution >= 0.6 is 0 Å². The van der Waals surface area contributed by atoms with Gasteiger partial charge in [-0.05, 0) is 13.8 Å². The highest BCUT2D eigenvalue weighted by Gasteiger charge is 2.04. The highest BCUT2D eigenvalue weighted by Crippen LogP contribution is 2.03. The first kappa shape index (κ1) is 13.5. The molecule has 1 heterocycles. The lowest BCUT2D eigenvalue weighted by molar-refractivity contribution is 0.179. The summed E-state index contributed by atoms with van der Waals surface area (Å²) in [6.07, 6.45) is 1.76. The zero-order chi connectivity index (χ0) is 12.7. The summed E-state index contributed by atoms with van der Waals surface area (Å²) in [7, 11) is 1.65. The number of nitrogens with two attached hydrogens (primary N) is 1. The summed E-state index contributed by atoms with van der Waals surface area (Å²) < 4.78 is 5.02. The Morgan fingerprint density at radius 1 is 1.71 bits per heavy atom. The van der Waals surface area contributed by atoms with E-state index in [2.05, 4.69) is 25.9 Å². The number of guanidine groups is 1. The first-order valence-corrected chi connectivity index (χ1v) is 5.42. The zero-order valence-electron chi connectivity index (χ0n) is 10.4. The van der Waals surface area contributed by atoms with Gasteiger partial charge >= 0.3 is 0 Å². The molecule has 0 bridgehead atoms. The Hall–Kier alpha value is -1.60. The molecule has 0 saturated carbocycles. The summed E-state index contributed by atoms with van der Waals surface area (Å²) in [6, 6.07) is 0.139. The molecule has 1 aromatic heterocycles. The molecule has 1 rings (SSSR count). The summed E-state index contributed by atoms with van der Waals surface area (Å²) in [5.74, 6) is 5.92. The van der Waals surface area contributed by atoms with Gasteiger partial charge in [0.25, 0.3) is 0 Å². The molecule has 1 atom stereocenters. The minimum absolute atomic E-state index is 0.139. The molecule has 0 aliphatic heterocycles. The van der Waals surface area contributed by atoms with Gasteiger partial charge in [0, 0.05) is 24.4 Å². The number of nitrogens with zero attached hydrogens (tertiary/aromatic N) is 2. The number of methoxy groups -OCH3 is 1. The third-order valence-electron chi connectivity index (χ3n) is 2.28. The maximum atomic E-state index is 5.39. The first-order valence-electron chi connectivity index (χ1n) is 5.42. The van der Waals surface area contributed by atoms with Gasteiger partial charge in [0.15, 0.2) is 0 Å². The molecule has 17 heavy (non-hydrogen) atoms. The van der Waals surface area contributed by atoms with Crippen LogP contribution in [0.3, 0.4) is 0 Å². The van der Waals surface area contributed by atoms with Crippen LogP contribution in [0, 0.1) is 6.92 Å². The van der Waals surface area contributed by atoms with Gasteiger partial charge in [0.2, 0.25) is 5.96 Å². The Bertz CT molecular complexity index is 361. The number of hydrogen-bond acceptors (Lipinski definition) is 4. The lowest BCUT2D eigenvalue weighted by Crippen LogP contribution is -2.46. The lowest BCUT2D eigenvalue weighted by Gasteiger charge is -2.15. The number of rotatable bonds is 5. The van der Waals surface area contributed by atoms with Crippen molar-refractivity contribution >= 4 is 5.96 Å². The number of aromatic amines is 1. The molecule has 0 aliphatic carbocycles. The predicted octanol–water partition coefficient (Wildman–Crippen LogP) is -0.338. The molecule has 7 nitrogen and oxygen atoms in total. The van der Waals surface area contributed by atoms with Crippen molar-refractivity contribution in [1.29, 1.82) is 0 Å². The molecular formula is C10H20N6O. The van der Waals surface area contributed by atoms with E-state index in [4.69, 9.17) is 10.6 Å². The molecule has 5 N–H and O–H groups in total. The summed E-state index contributed by atoms with van der Waals surface area (Å²) in [4.78, 5) is 4.32. The maximum Gasteiger partial charge on any atom is 0.206 e. The van der Waals surface area contributed by atoms with E-state index in [1.807, 2.05) is 13.8 Å². The smallest absolute Gasteiger partial charge is 0.206 e. The maximum absolute atomic E-state index is 5.39. The Morgan fingerprint density at radius 3 is 3.00 bits per heavy atom. The highest BCUT2D eigenvalue weighted by atomic mass is 16.5. The molecule has 96 valence electrons. The molecule has 0 radical (unpaired) electrons. The van der Waals surface area contributed by atoms with Gasteiger partial charge in [0.05, 0.1) is 19.3 Å². The molecule has 0 saturated heterocycles. The van der Waals surface area contributed by atoms with E-state index in [1.54, 1.807) is 13.3 Å². The van der Waals surface area contributed by atoms with E-state index in [0.717, 1.165) is 11.3 Å². The summed E-state index contributed by atoms with van der Waals surface area (Å²) >= 11 is 0. The van der Waals surface area contributed by atoms with Crippen LogP contribution in [-0.4, -0.2) is 35.9 Å². The quantitative estimate of drug-likeness (QED) is 0.244. The van der Waals surface area contributed by atoms with E-state index in [-0.39, 0.29) is 6.04 Å².